The summed E-state index contributed by atoms with van der Waals surface area (Å²) in [4.78, 5) is 10.9. The van der Waals surface area contributed by atoms with Gasteiger partial charge in [-0.1, -0.05) is 0 Å². The third kappa shape index (κ3) is 4.53. The first kappa shape index (κ1) is 16.6. The van der Waals surface area contributed by atoms with E-state index in [9.17, 15) is 15.1 Å². The standard InChI is InChI=1S/C14H27NO4/c1-10(16)6-11(17)9-19-12-7-13(2,3)15(18)14(4,5)8-12/h11-12,17-18H,6-9H2,1-5H3. The number of piperidine rings is 1. The van der Waals surface area contributed by atoms with Gasteiger partial charge >= 0.3 is 0 Å². The maximum Gasteiger partial charge on any atom is 0.132 e. The van der Waals surface area contributed by atoms with Gasteiger partial charge in [0.15, 0.2) is 0 Å². The molecule has 5 nitrogen and oxygen atoms in total. The second-order valence-corrected chi connectivity index (χ2v) is 6.86. The number of ether oxygens (including phenoxy) is 1. The van der Waals surface area contributed by atoms with Gasteiger partial charge in [0, 0.05) is 17.5 Å². The van der Waals surface area contributed by atoms with Crippen LogP contribution < -0.4 is 0 Å². The van der Waals surface area contributed by atoms with E-state index >= 15 is 0 Å². The molecule has 0 aromatic rings. The number of carbonyl (C=O) groups is 1. The Morgan fingerprint density at radius 3 is 2.21 bits per heavy atom. The molecule has 0 amide bonds. The number of carbonyl (C=O) groups excluding carboxylic acids is 1. The number of hydroxylamine groups is 2. The van der Waals surface area contributed by atoms with Crippen LogP contribution in [0.1, 0.15) is 53.9 Å². The highest BCUT2D eigenvalue weighted by Gasteiger charge is 2.45. The maximum absolute atomic E-state index is 10.9. The number of Topliss-reactive ketones (excluding diaryl/α,β-unsaturated/α-hetero) is 1. The van der Waals surface area contributed by atoms with Crippen molar-refractivity contribution >= 4 is 5.78 Å². The van der Waals surface area contributed by atoms with Crippen LogP contribution >= 0.6 is 0 Å². The van der Waals surface area contributed by atoms with Crippen molar-refractivity contribution in [1.82, 2.24) is 5.06 Å². The number of hydrogen-bond donors (Lipinski definition) is 2. The van der Waals surface area contributed by atoms with E-state index in [1.54, 1.807) is 0 Å². The summed E-state index contributed by atoms with van der Waals surface area (Å²) >= 11 is 0. The molecule has 0 saturated carbocycles. The Morgan fingerprint density at radius 1 is 1.32 bits per heavy atom. The van der Waals surface area contributed by atoms with E-state index in [4.69, 9.17) is 4.74 Å². The topological polar surface area (TPSA) is 70.0 Å². The molecule has 1 fully saturated rings. The van der Waals surface area contributed by atoms with E-state index in [1.807, 2.05) is 27.7 Å². The van der Waals surface area contributed by atoms with Crippen molar-refractivity contribution in [3.8, 4) is 0 Å². The molecule has 0 spiro atoms. The number of aliphatic hydroxyl groups excluding tert-OH is 1. The van der Waals surface area contributed by atoms with Gasteiger partial charge in [-0.2, -0.15) is 5.06 Å². The predicted octanol–water partition coefficient (Wildman–Crippen LogP) is 1.75. The fourth-order valence-corrected chi connectivity index (χ4v) is 2.93. The molecule has 1 aliphatic rings. The minimum Gasteiger partial charge on any atom is -0.390 e. The van der Waals surface area contributed by atoms with Gasteiger partial charge in [-0.15, -0.1) is 0 Å². The smallest absolute Gasteiger partial charge is 0.132 e. The predicted molar refractivity (Wildman–Crippen MR) is 72.1 cm³/mol. The monoisotopic (exact) mass is 273 g/mol. The first-order valence-electron chi connectivity index (χ1n) is 6.83. The lowest BCUT2D eigenvalue weighted by atomic mass is 9.80. The van der Waals surface area contributed by atoms with Crippen LogP contribution in [0.2, 0.25) is 0 Å². The first-order chi connectivity index (χ1) is 8.54. The molecule has 1 unspecified atom stereocenters. The quantitative estimate of drug-likeness (QED) is 0.798. The van der Waals surface area contributed by atoms with E-state index in [2.05, 4.69) is 0 Å². The maximum atomic E-state index is 10.9. The number of hydrogen-bond acceptors (Lipinski definition) is 5. The summed E-state index contributed by atoms with van der Waals surface area (Å²) in [6.45, 7) is 9.50. The Balaban J connectivity index is 2.54. The van der Waals surface area contributed by atoms with E-state index < -0.39 is 6.10 Å². The molecular weight excluding hydrogens is 246 g/mol. The van der Waals surface area contributed by atoms with Gasteiger partial charge in [-0.05, 0) is 47.5 Å². The van der Waals surface area contributed by atoms with Crippen LogP contribution in [-0.4, -0.2) is 51.1 Å². The summed E-state index contributed by atoms with van der Waals surface area (Å²) in [6.07, 6.45) is 0.760. The molecule has 0 aromatic heterocycles. The zero-order valence-electron chi connectivity index (χ0n) is 12.6. The van der Waals surface area contributed by atoms with Gasteiger partial charge in [0.2, 0.25) is 0 Å². The zero-order chi connectivity index (χ0) is 14.8. The molecule has 1 heterocycles. The van der Waals surface area contributed by atoms with Crippen LogP contribution in [-0.2, 0) is 9.53 Å². The van der Waals surface area contributed by atoms with Crippen molar-refractivity contribution in [3.63, 3.8) is 0 Å². The number of rotatable bonds is 5. The molecule has 19 heavy (non-hydrogen) atoms. The van der Waals surface area contributed by atoms with Crippen LogP contribution in [0.4, 0.5) is 0 Å². The van der Waals surface area contributed by atoms with E-state index in [0.717, 1.165) is 0 Å². The summed E-state index contributed by atoms with van der Waals surface area (Å²) in [5, 5.41) is 21.2. The number of aliphatic hydroxyl groups is 1. The molecule has 5 heteroatoms. The molecular formula is C14H27NO4. The summed E-state index contributed by atoms with van der Waals surface area (Å²) in [5.74, 6) is -0.0399. The van der Waals surface area contributed by atoms with Gasteiger partial charge in [0.25, 0.3) is 0 Å². The fourth-order valence-electron chi connectivity index (χ4n) is 2.93. The molecule has 0 bridgehead atoms. The molecule has 112 valence electrons. The largest absolute Gasteiger partial charge is 0.390 e. The van der Waals surface area contributed by atoms with Crippen LogP contribution in [0.3, 0.4) is 0 Å². The third-order valence-electron chi connectivity index (χ3n) is 3.65. The third-order valence-corrected chi connectivity index (χ3v) is 3.65. The zero-order valence-corrected chi connectivity index (χ0v) is 12.6. The average Bonchev–Trinajstić information content (AvgIpc) is 2.21. The Morgan fingerprint density at radius 2 is 1.79 bits per heavy atom. The van der Waals surface area contributed by atoms with Gasteiger partial charge in [0.05, 0.1) is 18.8 Å². The molecule has 2 N–H and O–H groups in total. The molecule has 0 radical (unpaired) electrons. The fraction of sp³-hybridized carbons (Fsp3) is 0.929. The number of nitrogens with zero attached hydrogens (tertiary/aromatic N) is 1. The highest BCUT2D eigenvalue weighted by Crippen LogP contribution is 2.37. The van der Waals surface area contributed by atoms with Gasteiger partial charge in [0.1, 0.15) is 5.78 Å². The normalized spacial score (nSPS) is 25.2. The minimum absolute atomic E-state index is 0.0185. The minimum atomic E-state index is -0.740. The summed E-state index contributed by atoms with van der Waals surface area (Å²) in [5.41, 5.74) is -0.726. The number of ketones is 1. The second-order valence-electron chi connectivity index (χ2n) is 6.86. The average molecular weight is 273 g/mol. The van der Waals surface area contributed by atoms with Crippen molar-refractivity contribution in [2.24, 2.45) is 0 Å². The van der Waals surface area contributed by atoms with Crippen molar-refractivity contribution in [1.29, 1.82) is 0 Å². The highest BCUT2D eigenvalue weighted by atomic mass is 16.5. The first-order valence-corrected chi connectivity index (χ1v) is 6.83. The van der Waals surface area contributed by atoms with Crippen LogP contribution in [0, 0.1) is 0 Å². The molecule has 1 rings (SSSR count). The van der Waals surface area contributed by atoms with Gasteiger partial charge in [-0.25, -0.2) is 0 Å². The highest BCUT2D eigenvalue weighted by molar-refractivity contribution is 5.75. The lowest BCUT2D eigenvalue weighted by Gasteiger charge is -2.51. The van der Waals surface area contributed by atoms with E-state index in [0.29, 0.717) is 12.8 Å². The van der Waals surface area contributed by atoms with E-state index in [-0.39, 0.29) is 36.0 Å². The molecule has 1 atom stereocenters. The summed E-state index contributed by atoms with van der Waals surface area (Å²) in [7, 11) is 0. The lowest BCUT2D eigenvalue weighted by Crippen LogP contribution is -2.60. The molecule has 0 aromatic carbocycles. The van der Waals surface area contributed by atoms with Crippen molar-refractivity contribution in [2.45, 2.75) is 77.2 Å². The molecule has 1 saturated heterocycles. The lowest BCUT2D eigenvalue weighted by molar-refractivity contribution is -0.262. The molecule has 0 aliphatic carbocycles. The van der Waals surface area contributed by atoms with Crippen molar-refractivity contribution < 1.29 is 19.8 Å². The summed E-state index contributed by atoms with van der Waals surface area (Å²) < 4.78 is 5.73. The Hall–Kier alpha value is -0.490. The van der Waals surface area contributed by atoms with Crippen LogP contribution in [0.5, 0.6) is 0 Å². The van der Waals surface area contributed by atoms with Crippen LogP contribution in [0.15, 0.2) is 0 Å². The second kappa shape index (κ2) is 5.87. The Labute approximate surface area is 115 Å². The Kier molecular flexibility index (Phi) is 5.12. The van der Waals surface area contributed by atoms with Gasteiger partial charge in [-0.3, -0.25) is 4.79 Å². The summed E-state index contributed by atoms with van der Waals surface area (Å²) in [6, 6.07) is 0. The van der Waals surface area contributed by atoms with Crippen molar-refractivity contribution in [3.05, 3.63) is 0 Å². The van der Waals surface area contributed by atoms with Crippen LogP contribution in [0.25, 0.3) is 0 Å². The van der Waals surface area contributed by atoms with Crippen molar-refractivity contribution in [2.75, 3.05) is 6.61 Å². The Bertz CT molecular complexity index is 309. The SMILES string of the molecule is CC(=O)CC(O)COC1CC(C)(C)N(O)C(C)(C)C1. The van der Waals surface area contributed by atoms with E-state index in [1.165, 1.54) is 12.0 Å². The van der Waals surface area contributed by atoms with Gasteiger partial charge < -0.3 is 15.1 Å². The molecule has 1 aliphatic heterocycles.